The largest absolute Gasteiger partial charge is 0.465 e. The molecule has 0 radical (unpaired) electrons. The number of carbonyl (C=O) groups excluding carboxylic acids is 3. The van der Waals surface area contributed by atoms with E-state index in [-0.39, 0.29) is 27.0 Å². The van der Waals surface area contributed by atoms with E-state index in [4.69, 9.17) is 39.5 Å². The van der Waals surface area contributed by atoms with Gasteiger partial charge in [-0.15, -0.1) is 0 Å². The Balaban J connectivity index is 1.97. The molecular formula is C18H11Cl3N2O4. The molecule has 0 atom stereocenters. The number of esters is 1. The summed E-state index contributed by atoms with van der Waals surface area (Å²) in [7, 11) is 1.20. The van der Waals surface area contributed by atoms with Crippen molar-refractivity contribution in [1.29, 1.82) is 0 Å². The summed E-state index contributed by atoms with van der Waals surface area (Å²) in [5.41, 5.74) is 0.409. The molecule has 27 heavy (non-hydrogen) atoms. The van der Waals surface area contributed by atoms with Gasteiger partial charge in [0.1, 0.15) is 10.7 Å². The van der Waals surface area contributed by atoms with Gasteiger partial charge in [0.15, 0.2) is 0 Å². The molecule has 0 aromatic heterocycles. The van der Waals surface area contributed by atoms with Crippen molar-refractivity contribution in [2.75, 3.05) is 17.3 Å². The van der Waals surface area contributed by atoms with Crippen LogP contribution in [-0.4, -0.2) is 24.9 Å². The minimum atomic E-state index is -0.763. The van der Waals surface area contributed by atoms with Gasteiger partial charge < -0.3 is 10.1 Å². The number of rotatable bonds is 4. The summed E-state index contributed by atoms with van der Waals surface area (Å²) in [6.45, 7) is 0. The Morgan fingerprint density at radius 2 is 1.70 bits per heavy atom. The van der Waals surface area contributed by atoms with E-state index in [2.05, 4.69) is 5.32 Å². The number of methoxy groups -OCH3 is 1. The minimum Gasteiger partial charge on any atom is -0.465 e. The fourth-order valence-electron chi connectivity index (χ4n) is 2.50. The van der Waals surface area contributed by atoms with Crippen LogP contribution in [0.4, 0.5) is 11.4 Å². The zero-order chi connectivity index (χ0) is 19.7. The Hall–Kier alpha value is -2.54. The summed E-state index contributed by atoms with van der Waals surface area (Å²) in [4.78, 5) is 38.2. The monoisotopic (exact) mass is 424 g/mol. The zero-order valence-electron chi connectivity index (χ0n) is 13.8. The average molecular weight is 426 g/mol. The first-order chi connectivity index (χ1) is 12.8. The lowest BCUT2D eigenvalue weighted by atomic mass is 10.1. The van der Waals surface area contributed by atoms with Crippen molar-refractivity contribution in [3.63, 3.8) is 0 Å². The van der Waals surface area contributed by atoms with Crippen LogP contribution in [0.5, 0.6) is 0 Å². The maximum absolute atomic E-state index is 12.8. The molecule has 1 N–H and O–H groups in total. The van der Waals surface area contributed by atoms with Crippen molar-refractivity contribution in [1.82, 2.24) is 0 Å². The van der Waals surface area contributed by atoms with Crippen molar-refractivity contribution < 1.29 is 19.1 Å². The Kier molecular flexibility index (Phi) is 5.41. The summed E-state index contributed by atoms with van der Waals surface area (Å²) in [6.07, 6.45) is 0. The van der Waals surface area contributed by atoms with Gasteiger partial charge in [0.05, 0.1) is 28.4 Å². The van der Waals surface area contributed by atoms with Gasteiger partial charge in [0, 0.05) is 5.69 Å². The fraction of sp³-hybridized carbons (Fsp3) is 0.0556. The molecule has 1 aliphatic rings. The molecule has 0 saturated heterocycles. The lowest BCUT2D eigenvalue weighted by Gasteiger charge is -2.18. The predicted molar refractivity (Wildman–Crippen MR) is 103 cm³/mol. The number of amides is 2. The third-order valence-corrected chi connectivity index (χ3v) is 4.86. The van der Waals surface area contributed by atoms with E-state index >= 15 is 0 Å². The van der Waals surface area contributed by atoms with Crippen LogP contribution in [-0.2, 0) is 14.3 Å². The minimum absolute atomic E-state index is 0.0574. The second-order valence-electron chi connectivity index (χ2n) is 5.40. The van der Waals surface area contributed by atoms with Gasteiger partial charge in [-0.25, -0.2) is 9.69 Å². The number of carbonyl (C=O) groups is 3. The van der Waals surface area contributed by atoms with Gasteiger partial charge in [-0.3, -0.25) is 9.59 Å². The molecule has 0 fully saturated rings. The molecule has 6 nitrogen and oxygen atoms in total. The number of hydrogen-bond acceptors (Lipinski definition) is 5. The second-order valence-corrected chi connectivity index (χ2v) is 6.59. The highest BCUT2D eigenvalue weighted by atomic mass is 35.5. The SMILES string of the molecule is COC(=O)c1ccccc1N1C(=O)C(Cl)=C(Nc2ccc(Cl)c(Cl)c2)C1=O. The Morgan fingerprint density at radius 3 is 2.37 bits per heavy atom. The zero-order valence-corrected chi connectivity index (χ0v) is 16.0. The number of anilines is 2. The number of nitrogens with one attached hydrogen (secondary N) is 1. The van der Waals surface area contributed by atoms with Crippen LogP contribution in [0, 0.1) is 0 Å². The van der Waals surface area contributed by atoms with Crippen LogP contribution in [0.1, 0.15) is 10.4 Å². The Morgan fingerprint density at radius 1 is 1.00 bits per heavy atom. The molecule has 138 valence electrons. The molecule has 2 aromatic carbocycles. The van der Waals surface area contributed by atoms with Gasteiger partial charge in [-0.05, 0) is 30.3 Å². The van der Waals surface area contributed by atoms with E-state index in [1.807, 2.05) is 0 Å². The predicted octanol–water partition coefficient (Wildman–Crippen LogP) is 4.22. The van der Waals surface area contributed by atoms with Crippen molar-refractivity contribution in [2.24, 2.45) is 0 Å². The molecule has 3 rings (SSSR count). The Labute approximate surface area is 169 Å². The third-order valence-electron chi connectivity index (χ3n) is 3.77. The average Bonchev–Trinajstić information content (AvgIpc) is 2.87. The van der Waals surface area contributed by atoms with E-state index < -0.39 is 17.8 Å². The molecule has 0 aliphatic carbocycles. The first-order valence-electron chi connectivity index (χ1n) is 7.53. The smallest absolute Gasteiger partial charge is 0.339 e. The van der Waals surface area contributed by atoms with Gasteiger partial charge >= 0.3 is 5.97 Å². The number of hydrogen-bond donors (Lipinski definition) is 1. The van der Waals surface area contributed by atoms with Gasteiger partial charge in [-0.1, -0.05) is 46.9 Å². The molecule has 2 amide bonds. The van der Waals surface area contributed by atoms with Crippen LogP contribution in [0.2, 0.25) is 10.0 Å². The normalized spacial score (nSPS) is 14.0. The second kappa shape index (κ2) is 7.60. The number of ether oxygens (including phenoxy) is 1. The molecule has 0 unspecified atom stereocenters. The van der Waals surface area contributed by atoms with Crippen LogP contribution in [0.15, 0.2) is 53.2 Å². The molecule has 1 heterocycles. The van der Waals surface area contributed by atoms with Gasteiger partial charge in [0.2, 0.25) is 0 Å². The number of nitrogens with zero attached hydrogens (tertiary/aromatic N) is 1. The third kappa shape index (κ3) is 3.51. The molecule has 2 aromatic rings. The van der Waals surface area contributed by atoms with Crippen molar-refractivity contribution in [3.05, 3.63) is 68.8 Å². The lowest BCUT2D eigenvalue weighted by molar-refractivity contribution is -0.120. The summed E-state index contributed by atoms with van der Waals surface area (Å²) in [5, 5.41) is 3.07. The number of halogens is 3. The quantitative estimate of drug-likeness (QED) is 0.586. The summed E-state index contributed by atoms with van der Waals surface area (Å²) in [6, 6.07) is 10.7. The Bertz CT molecular complexity index is 1000. The van der Waals surface area contributed by atoms with Crippen LogP contribution < -0.4 is 10.2 Å². The number of benzene rings is 2. The molecule has 0 bridgehead atoms. The first kappa shape index (κ1) is 19.2. The summed E-state index contributed by atoms with van der Waals surface area (Å²) in [5.74, 6) is -2.17. The number of para-hydroxylation sites is 1. The van der Waals surface area contributed by atoms with Crippen molar-refractivity contribution in [2.45, 2.75) is 0 Å². The van der Waals surface area contributed by atoms with Crippen LogP contribution >= 0.6 is 34.8 Å². The van der Waals surface area contributed by atoms with E-state index in [0.717, 1.165) is 4.90 Å². The highest BCUT2D eigenvalue weighted by Gasteiger charge is 2.40. The maximum atomic E-state index is 12.8. The van der Waals surface area contributed by atoms with Crippen LogP contribution in [0.3, 0.4) is 0 Å². The summed E-state index contributed by atoms with van der Waals surface area (Å²) >= 11 is 17.9. The summed E-state index contributed by atoms with van der Waals surface area (Å²) < 4.78 is 4.70. The van der Waals surface area contributed by atoms with Gasteiger partial charge in [-0.2, -0.15) is 0 Å². The lowest BCUT2D eigenvalue weighted by Crippen LogP contribution is -2.33. The van der Waals surface area contributed by atoms with Crippen molar-refractivity contribution >= 4 is 64.0 Å². The highest BCUT2D eigenvalue weighted by Crippen LogP contribution is 2.33. The van der Waals surface area contributed by atoms with Gasteiger partial charge in [0.25, 0.3) is 11.8 Å². The highest BCUT2D eigenvalue weighted by molar-refractivity contribution is 6.53. The molecule has 0 saturated carbocycles. The molecule has 9 heteroatoms. The first-order valence-corrected chi connectivity index (χ1v) is 8.66. The molecular weight excluding hydrogens is 415 g/mol. The topological polar surface area (TPSA) is 75.7 Å². The van der Waals surface area contributed by atoms with E-state index in [1.165, 1.54) is 31.4 Å². The van der Waals surface area contributed by atoms with E-state index in [9.17, 15) is 14.4 Å². The van der Waals surface area contributed by atoms with Crippen LogP contribution in [0.25, 0.3) is 0 Å². The standard InChI is InChI=1S/C18H11Cl3N2O4/c1-27-18(26)10-4-2-3-5-13(10)23-16(24)14(21)15(17(23)25)22-9-6-7-11(19)12(20)8-9/h2-8,22H,1H3. The van der Waals surface area contributed by atoms with E-state index in [0.29, 0.717) is 10.7 Å². The van der Waals surface area contributed by atoms with E-state index in [1.54, 1.807) is 18.2 Å². The number of imide groups is 1. The molecule has 1 aliphatic heterocycles. The maximum Gasteiger partial charge on any atom is 0.339 e. The fourth-order valence-corrected chi connectivity index (χ4v) is 3.01. The van der Waals surface area contributed by atoms with Crippen molar-refractivity contribution in [3.8, 4) is 0 Å². The molecule has 0 spiro atoms.